The third-order valence-electron chi connectivity index (χ3n) is 6.46. The first-order valence-electron chi connectivity index (χ1n) is 12.4. The van der Waals surface area contributed by atoms with E-state index in [2.05, 4.69) is 10.3 Å². The van der Waals surface area contributed by atoms with Gasteiger partial charge in [0.25, 0.3) is 0 Å². The van der Waals surface area contributed by atoms with Crippen molar-refractivity contribution in [1.82, 2.24) is 14.4 Å². The Kier molecular flexibility index (Phi) is 7.48. The number of thiazole rings is 1. The number of likely N-dealkylation sites (tertiary alicyclic amines) is 1. The number of fused-ring (bicyclic) bond motifs is 1. The lowest BCUT2D eigenvalue weighted by molar-refractivity contribution is -0.138. The molecule has 0 aliphatic carbocycles. The number of quaternary nitrogens is 1. The number of carbonyl (C=O) groups excluding carboxylic acids is 3. The molecule has 3 aromatic rings. The van der Waals surface area contributed by atoms with Crippen LogP contribution in [-0.2, 0) is 20.5 Å². The van der Waals surface area contributed by atoms with E-state index in [1.807, 2.05) is 0 Å². The van der Waals surface area contributed by atoms with Crippen LogP contribution in [0.15, 0.2) is 42.5 Å². The monoisotopic (exact) mass is 563 g/mol. The van der Waals surface area contributed by atoms with Crippen molar-refractivity contribution in [1.29, 1.82) is 0 Å². The minimum atomic E-state index is -4.63. The minimum Gasteiger partial charge on any atom is -0.444 e. The molecule has 208 valence electrons. The molecule has 1 fully saturated rings. The topological polar surface area (TPSA) is 88.6 Å². The van der Waals surface area contributed by atoms with Gasteiger partial charge in [-0.2, -0.15) is 17.7 Å². The maximum absolute atomic E-state index is 14.5. The lowest BCUT2D eigenvalue weighted by Gasteiger charge is -2.36. The molecule has 1 aromatic heterocycles. The van der Waals surface area contributed by atoms with Crippen LogP contribution in [0.5, 0.6) is 0 Å². The molecule has 2 heterocycles. The largest absolute Gasteiger partial charge is 0.444 e. The number of rotatable bonds is 4. The van der Waals surface area contributed by atoms with Crippen LogP contribution in [0.1, 0.15) is 46.1 Å². The predicted octanol–water partition coefficient (Wildman–Crippen LogP) is 6.47. The standard InChI is InChI=1S/C27H29F3N4O4S/c1-16(35)31-24-32-22-20(12-7-13-21(22)39-24)34(5,18-10-6-9-17(15-18)27(28,29)30)23(36)19-11-8-14-33(19)25(37)38-26(2,3)4/h6-7,9-10,12-13,15,19H,8,11,14H2,1-5H3/p+1/t19-,34?/m0/s1. The van der Waals surface area contributed by atoms with Crippen molar-refractivity contribution in [3.05, 3.63) is 48.0 Å². The van der Waals surface area contributed by atoms with Gasteiger partial charge in [-0.3, -0.25) is 9.69 Å². The Hall–Kier alpha value is -3.51. The van der Waals surface area contributed by atoms with E-state index >= 15 is 0 Å². The Morgan fingerprint density at radius 1 is 1.13 bits per heavy atom. The van der Waals surface area contributed by atoms with E-state index in [4.69, 9.17) is 4.74 Å². The number of carbonyl (C=O) groups is 3. The first kappa shape index (κ1) is 28.5. The lowest BCUT2D eigenvalue weighted by Crippen LogP contribution is -2.56. The van der Waals surface area contributed by atoms with E-state index < -0.39 is 39.9 Å². The number of hydrogen-bond donors (Lipinski definition) is 1. The van der Waals surface area contributed by atoms with E-state index in [-0.39, 0.29) is 18.1 Å². The van der Waals surface area contributed by atoms with Crippen LogP contribution in [-0.4, -0.2) is 53.0 Å². The molecule has 0 saturated carbocycles. The molecule has 39 heavy (non-hydrogen) atoms. The summed E-state index contributed by atoms with van der Waals surface area (Å²) in [5.41, 5.74) is -0.954. The maximum Gasteiger partial charge on any atom is 0.416 e. The van der Waals surface area contributed by atoms with Gasteiger partial charge in [0.05, 0.1) is 17.3 Å². The zero-order valence-electron chi connectivity index (χ0n) is 22.3. The van der Waals surface area contributed by atoms with Gasteiger partial charge in [-0.1, -0.05) is 23.5 Å². The van der Waals surface area contributed by atoms with E-state index in [1.165, 1.54) is 42.3 Å². The molecule has 1 N–H and O–H groups in total. The minimum absolute atomic E-state index is 0.0624. The van der Waals surface area contributed by atoms with E-state index in [9.17, 15) is 27.6 Å². The fourth-order valence-electron chi connectivity index (χ4n) is 4.70. The van der Waals surface area contributed by atoms with Gasteiger partial charge in [0.15, 0.2) is 16.9 Å². The summed E-state index contributed by atoms with van der Waals surface area (Å²) in [7, 11) is 1.51. The number of nitrogens with one attached hydrogen (secondary N) is 1. The first-order valence-corrected chi connectivity index (χ1v) is 13.2. The molecule has 1 aliphatic heterocycles. The second kappa shape index (κ2) is 10.2. The van der Waals surface area contributed by atoms with E-state index in [0.29, 0.717) is 33.9 Å². The molecule has 2 aromatic carbocycles. The Bertz CT molecular complexity index is 1430. The predicted molar refractivity (Wildman–Crippen MR) is 144 cm³/mol. The van der Waals surface area contributed by atoms with Crippen LogP contribution in [0.3, 0.4) is 0 Å². The van der Waals surface area contributed by atoms with Crippen LogP contribution >= 0.6 is 11.3 Å². The van der Waals surface area contributed by atoms with Gasteiger partial charge < -0.3 is 10.1 Å². The summed E-state index contributed by atoms with van der Waals surface area (Å²) >= 11 is 1.19. The van der Waals surface area contributed by atoms with Crippen molar-refractivity contribution in [3.8, 4) is 0 Å². The summed E-state index contributed by atoms with van der Waals surface area (Å²) in [5, 5.41) is 2.92. The molecule has 0 radical (unpaired) electrons. The van der Waals surface area contributed by atoms with Gasteiger partial charge >= 0.3 is 18.2 Å². The van der Waals surface area contributed by atoms with E-state index in [1.54, 1.807) is 39.0 Å². The molecule has 0 spiro atoms. The van der Waals surface area contributed by atoms with Crippen LogP contribution in [0, 0.1) is 0 Å². The summed E-state index contributed by atoms with van der Waals surface area (Å²) in [5.74, 6) is -0.833. The summed E-state index contributed by atoms with van der Waals surface area (Å²) in [6.07, 6.45) is -4.43. The highest BCUT2D eigenvalue weighted by molar-refractivity contribution is 7.22. The average Bonchev–Trinajstić information content (AvgIpc) is 3.48. The SMILES string of the molecule is CC(=O)Nc1nc2c([N+](C)(C(=O)[C@@H]3CCCN3C(=O)OC(C)(C)C)c3cccc(C(F)(F)F)c3)cccc2s1. The molecule has 2 atom stereocenters. The van der Waals surface area contributed by atoms with Crippen molar-refractivity contribution >= 4 is 56.0 Å². The summed E-state index contributed by atoms with van der Waals surface area (Å²) in [6, 6.07) is 8.74. The molecule has 8 nitrogen and oxygen atoms in total. The smallest absolute Gasteiger partial charge is 0.416 e. The highest BCUT2D eigenvalue weighted by Gasteiger charge is 2.49. The molecule has 0 bridgehead atoms. The number of amides is 3. The first-order chi connectivity index (χ1) is 18.1. The molecule has 3 amide bonds. The number of nitrogens with zero attached hydrogens (tertiary/aromatic N) is 3. The highest BCUT2D eigenvalue weighted by atomic mass is 32.1. The molecule has 12 heteroatoms. The van der Waals surface area contributed by atoms with Crippen molar-refractivity contribution in [2.24, 2.45) is 0 Å². The second-order valence-corrected chi connectivity index (χ2v) is 11.6. The van der Waals surface area contributed by atoms with Crippen molar-refractivity contribution in [3.63, 3.8) is 0 Å². The Morgan fingerprint density at radius 3 is 2.46 bits per heavy atom. The van der Waals surface area contributed by atoms with E-state index in [0.717, 1.165) is 12.1 Å². The molecule has 1 unspecified atom stereocenters. The van der Waals surface area contributed by atoms with Gasteiger partial charge in [-0.25, -0.2) is 14.6 Å². The number of likely N-dealkylation sites (N-methyl/N-ethyl adjacent to an activating group) is 1. The van der Waals surface area contributed by atoms with Crippen molar-refractivity contribution in [2.45, 2.75) is 58.4 Å². The van der Waals surface area contributed by atoms with Crippen LogP contribution in [0.4, 0.5) is 34.5 Å². The lowest BCUT2D eigenvalue weighted by atomic mass is 10.1. The van der Waals surface area contributed by atoms with Gasteiger partial charge in [-0.05, 0) is 45.7 Å². The number of benzene rings is 2. The average molecular weight is 564 g/mol. The van der Waals surface area contributed by atoms with Gasteiger partial charge in [0.2, 0.25) is 5.91 Å². The second-order valence-electron chi connectivity index (χ2n) is 10.5. The van der Waals surface area contributed by atoms with Gasteiger partial charge in [0.1, 0.15) is 16.8 Å². The zero-order chi connectivity index (χ0) is 28.8. The number of anilines is 1. The van der Waals surface area contributed by atoms with Gasteiger partial charge in [-0.15, -0.1) is 0 Å². The summed E-state index contributed by atoms with van der Waals surface area (Å²) < 4.78 is 46.7. The molecule has 1 aliphatic rings. The normalized spacial score (nSPS) is 17.6. The Balaban J connectivity index is 1.90. The van der Waals surface area contributed by atoms with Gasteiger partial charge in [0, 0.05) is 31.7 Å². The quantitative estimate of drug-likeness (QED) is 0.368. The van der Waals surface area contributed by atoms with Crippen LogP contribution < -0.4 is 9.80 Å². The summed E-state index contributed by atoms with van der Waals surface area (Å²) in [6.45, 7) is 6.77. The molecular weight excluding hydrogens is 533 g/mol. The fraction of sp³-hybridized carbons (Fsp3) is 0.407. The number of para-hydroxylation sites is 1. The van der Waals surface area contributed by atoms with Crippen LogP contribution in [0.25, 0.3) is 10.2 Å². The zero-order valence-corrected chi connectivity index (χ0v) is 23.1. The maximum atomic E-state index is 14.5. The summed E-state index contributed by atoms with van der Waals surface area (Å²) in [4.78, 5) is 45.0. The number of aromatic nitrogens is 1. The number of ether oxygens (including phenoxy) is 1. The highest BCUT2D eigenvalue weighted by Crippen LogP contribution is 2.44. The third-order valence-corrected chi connectivity index (χ3v) is 7.40. The number of alkyl halides is 3. The van der Waals surface area contributed by atoms with Crippen LogP contribution in [0.2, 0.25) is 0 Å². The number of hydrogen-bond acceptors (Lipinski definition) is 6. The third kappa shape index (κ3) is 5.76. The van der Waals surface area contributed by atoms with Crippen molar-refractivity contribution in [2.75, 3.05) is 18.9 Å². The Labute approximate surface area is 228 Å². The molecular formula is C27H30F3N4O4S+. The fourth-order valence-corrected chi connectivity index (χ4v) is 5.64. The molecule has 1 saturated heterocycles. The Morgan fingerprint density at radius 2 is 1.82 bits per heavy atom. The molecule has 4 rings (SSSR count). The number of halogens is 3. The van der Waals surface area contributed by atoms with Crippen molar-refractivity contribution < 1.29 is 32.3 Å².